The van der Waals surface area contributed by atoms with Gasteiger partial charge in [-0.05, 0) is 43.3 Å². The second-order valence-electron chi connectivity index (χ2n) is 3.97. The number of anilines is 2. The summed E-state index contributed by atoms with van der Waals surface area (Å²) in [4.78, 5) is 4.16. The van der Waals surface area contributed by atoms with E-state index in [0.717, 1.165) is 22.8 Å². The zero-order valence-electron chi connectivity index (χ0n) is 10.4. The molecular weight excluding hydrogens is 226 g/mol. The summed E-state index contributed by atoms with van der Waals surface area (Å²) in [5.74, 6) is 0.830. The minimum absolute atomic E-state index is 0.524. The Labute approximate surface area is 107 Å². The summed E-state index contributed by atoms with van der Waals surface area (Å²) in [5.41, 5.74) is 8.41. The molecule has 2 rings (SSSR count). The summed E-state index contributed by atoms with van der Waals surface area (Å²) in [6.07, 6.45) is 1.79. The van der Waals surface area contributed by atoms with E-state index in [1.54, 1.807) is 6.20 Å². The molecule has 0 amide bonds. The number of hydrogen-bond acceptors (Lipinski definition) is 4. The highest BCUT2D eigenvalue weighted by atomic mass is 16.5. The molecule has 0 bridgehead atoms. The minimum Gasteiger partial charge on any atom is -0.492 e. The van der Waals surface area contributed by atoms with Gasteiger partial charge >= 0.3 is 0 Å². The lowest BCUT2D eigenvalue weighted by atomic mass is 10.2. The van der Waals surface area contributed by atoms with Crippen molar-refractivity contribution in [2.75, 3.05) is 18.5 Å². The van der Waals surface area contributed by atoms with Gasteiger partial charge in [-0.2, -0.15) is 0 Å². The molecule has 4 nitrogen and oxygen atoms in total. The molecule has 0 aliphatic rings. The van der Waals surface area contributed by atoms with Gasteiger partial charge in [0.1, 0.15) is 12.4 Å². The summed E-state index contributed by atoms with van der Waals surface area (Å²) < 4.78 is 5.42. The summed E-state index contributed by atoms with van der Waals surface area (Å²) in [5, 5.41) is 3.31. The number of aromatic nitrogens is 1. The number of nitrogens with two attached hydrogens (primary N) is 1. The smallest absolute Gasteiger partial charge is 0.119 e. The van der Waals surface area contributed by atoms with E-state index in [1.807, 2.05) is 43.3 Å². The van der Waals surface area contributed by atoms with E-state index in [9.17, 15) is 0 Å². The Morgan fingerprint density at radius 2 is 1.94 bits per heavy atom. The molecule has 94 valence electrons. The van der Waals surface area contributed by atoms with Crippen LogP contribution >= 0.6 is 0 Å². The highest BCUT2D eigenvalue weighted by Gasteiger charge is 1.97. The van der Waals surface area contributed by atoms with E-state index in [4.69, 9.17) is 10.5 Å². The molecule has 0 saturated heterocycles. The van der Waals surface area contributed by atoms with Crippen molar-refractivity contribution in [2.24, 2.45) is 5.73 Å². The third kappa shape index (κ3) is 3.46. The van der Waals surface area contributed by atoms with E-state index in [0.29, 0.717) is 13.2 Å². The fourth-order valence-corrected chi connectivity index (χ4v) is 1.60. The van der Waals surface area contributed by atoms with E-state index in [2.05, 4.69) is 10.3 Å². The first-order valence-corrected chi connectivity index (χ1v) is 5.90. The van der Waals surface area contributed by atoms with Crippen molar-refractivity contribution in [3.05, 3.63) is 48.3 Å². The first kappa shape index (κ1) is 12.4. The molecule has 0 spiro atoms. The molecule has 0 radical (unpaired) electrons. The Kier molecular flexibility index (Phi) is 4.15. The largest absolute Gasteiger partial charge is 0.492 e. The maximum Gasteiger partial charge on any atom is 0.119 e. The molecule has 3 N–H and O–H groups in total. The molecule has 0 saturated carbocycles. The average Bonchev–Trinajstić information content (AvgIpc) is 2.38. The van der Waals surface area contributed by atoms with Gasteiger partial charge in [-0.3, -0.25) is 4.98 Å². The van der Waals surface area contributed by atoms with E-state index < -0.39 is 0 Å². The Balaban J connectivity index is 2.02. The number of aryl methyl sites for hydroxylation is 1. The molecule has 1 aromatic heterocycles. The lowest BCUT2D eigenvalue weighted by Gasteiger charge is -2.08. The third-order valence-electron chi connectivity index (χ3n) is 2.43. The van der Waals surface area contributed by atoms with Gasteiger partial charge in [0.2, 0.25) is 0 Å². The molecule has 1 heterocycles. The van der Waals surface area contributed by atoms with E-state index in [1.165, 1.54) is 0 Å². The molecular formula is C14H17N3O. The summed E-state index contributed by atoms with van der Waals surface area (Å²) >= 11 is 0. The van der Waals surface area contributed by atoms with Crippen LogP contribution in [-0.2, 0) is 0 Å². The van der Waals surface area contributed by atoms with Crippen LogP contribution < -0.4 is 15.8 Å². The zero-order chi connectivity index (χ0) is 12.8. The molecule has 18 heavy (non-hydrogen) atoms. The normalized spacial score (nSPS) is 10.1. The van der Waals surface area contributed by atoms with E-state index >= 15 is 0 Å². The monoisotopic (exact) mass is 243 g/mol. The number of pyridine rings is 1. The van der Waals surface area contributed by atoms with Crippen LogP contribution in [0.3, 0.4) is 0 Å². The van der Waals surface area contributed by atoms with Crippen molar-refractivity contribution in [1.29, 1.82) is 0 Å². The summed E-state index contributed by atoms with van der Waals surface area (Å²) in [6, 6.07) is 11.7. The van der Waals surface area contributed by atoms with Crippen molar-refractivity contribution in [2.45, 2.75) is 6.92 Å². The number of rotatable bonds is 5. The SMILES string of the molecule is Cc1cc(Nc2ccc(OCCN)cc2)ccn1. The number of hydrogen-bond donors (Lipinski definition) is 2. The third-order valence-corrected chi connectivity index (χ3v) is 2.43. The molecule has 2 aromatic rings. The van der Waals surface area contributed by atoms with Crippen LogP contribution in [0.4, 0.5) is 11.4 Å². The van der Waals surface area contributed by atoms with Gasteiger partial charge < -0.3 is 15.8 Å². The van der Waals surface area contributed by atoms with Crippen molar-refractivity contribution >= 4 is 11.4 Å². The van der Waals surface area contributed by atoms with Gasteiger partial charge in [0.15, 0.2) is 0 Å². The molecule has 4 heteroatoms. The van der Waals surface area contributed by atoms with Crippen LogP contribution in [0, 0.1) is 6.92 Å². The van der Waals surface area contributed by atoms with Crippen LogP contribution in [0.15, 0.2) is 42.6 Å². The Hall–Kier alpha value is -2.07. The fraction of sp³-hybridized carbons (Fsp3) is 0.214. The Morgan fingerprint density at radius 3 is 2.61 bits per heavy atom. The lowest BCUT2D eigenvalue weighted by Crippen LogP contribution is -2.10. The van der Waals surface area contributed by atoms with Crippen molar-refractivity contribution < 1.29 is 4.74 Å². The van der Waals surface area contributed by atoms with Crippen LogP contribution in [0.1, 0.15) is 5.69 Å². The number of benzene rings is 1. The fourth-order valence-electron chi connectivity index (χ4n) is 1.60. The Morgan fingerprint density at radius 1 is 1.17 bits per heavy atom. The predicted molar refractivity (Wildman–Crippen MR) is 73.2 cm³/mol. The van der Waals surface area contributed by atoms with Crippen molar-refractivity contribution in [3.63, 3.8) is 0 Å². The van der Waals surface area contributed by atoms with Gasteiger partial charge in [0, 0.05) is 29.8 Å². The van der Waals surface area contributed by atoms with Crippen molar-refractivity contribution in [3.8, 4) is 5.75 Å². The molecule has 0 fully saturated rings. The molecule has 0 aliphatic carbocycles. The van der Waals surface area contributed by atoms with Crippen LogP contribution in [0.2, 0.25) is 0 Å². The minimum atomic E-state index is 0.524. The van der Waals surface area contributed by atoms with Crippen LogP contribution in [-0.4, -0.2) is 18.1 Å². The van der Waals surface area contributed by atoms with Crippen LogP contribution in [0.25, 0.3) is 0 Å². The number of nitrogens with one attached hydrogen (secondary N) is 1. The van der Waals surface area contributed by atoms with Gasteiger partial charge in [0.25, 0.3) is 0 Å². The summed E-state index contributed by atoms with van der Waals surface area (Å²) in [6.45, 7) is 3.03. The van der Waals surface area contributed by atoms with Gasteiger partial charge in [-0.1, -0.05) is 0 Å². The lowest BCUT2D eigenvalue weighted by molar-refractivity contribution is 0.328. The van der Waals surface area contributed by atoms with Crippen molar-refractivity contribution in [1.82, 2.24) is 4.98 Å². The molecule has 1 aromatic carbocycles. The topological polar surface area (TPSA) is 60.2 Å². The standard InChI is InChI=1S/C14H17N3O/c1-11-10-13(6-8-16-11)17-12-2-4-14(5-3-12)18-9-7-15/h2-6,8,10H,7,9,15H2,1H3,(H,16,17). The Bertz CT molecular complexity index is 497. The molecule has 0 atom stereocenters. The first-order chi connectivity index (χ1) is 8.78. The average molecular weight is 243 g/mol. The number of ether oxygens (including phenoxy) is 1. The first-order valence-electron chi connectivity index (χ1n) is 5.90. The maximum atomic E-state index is 5.42. The summed E-state index contributed by atoms with van der Waals surface area (Å²) in [7, 11) is 0. The van der Waals surface area contributed by atoms with E-state index in [-0.39, 0.29) is 0 Å². The number of nitrogens with zero attached hydrogens (tertiary/aromatic N) is 1. The second kappa shape index (κ2) is 6.02. The van der Waals surface area contributed by atoms with Gasteiger partial charge in [-0.25, -0.2) is 0 Å². The van der Waals surface area contributed by atoms with Crippen LogP contribution in [0.5, 0.6) is 5.75 Å². The maximum absolute atomic E-state index is 5.42. The highest BCUT2D eigenvalue weighted by Crippen LogP contribution is 2.20. The zero-order valence-corrected chi connectivity index (χ0v) is 10.4. The second-order valence-corrected chi connectivity index (χ2v) is 3.97. The highest BCUT2D eigenvalue weighted by molar-refractivity contribution is 5.60. The predicted octanol–water partition coefficient (Wildman–Crippen LogP) is 2.47. The molecule has 0 aliphatic heterocycles. The molecule has 0 unspecified atom stereocenters. The quantitative estimate of drug-likeness (QED) is 0.847. The van der Waals surface area contributed by atoms with Gasteiger partial charge in [0.05, 0.1) is 0 Å². The van der Waals surface area contributed by atoms with Gasteiger partial charge in [-0.15, -0.1) is 0 Å².